The van der Waals surface area contributed by atoms with Gasteiger partial charge in [0.2, 0.25) is 0 Å². The number of hydrogen-bond acceptors (Lipinski definition) is 5. The van der Waals surface area contributed by atoms with Gasteiger partial charge in [0.1, 0.15) is 0 Å². The zero-order chi connectivity index (χ0) is 14.7. The molecule has 7 heteroatoms. The van der Waals surface area contributed by atoms with Gasteiger partial charge in [-0.15, -0.1) is 0 Å². The minimum atomic E-state index is -1.42. The molecule has 0 bridgehead atoms. The van der Waals surface area contributed by atoms with E-state index in [2.05, 4.69) is 10.2 Å². The highest BCUT2D eigenvalue weighted by atomic mass is 16.4. The van der Waals surface area contributed by atoms with Crippen LogP contribution >= 0.6 is 0 Å². The Kier molecular flexibility index (Phi) is 5.55. The number of rotatable bonds is 2. The predicted octanol–water partition coefficient (Wildman–Crippen LogP) is -0.765. The highest BCUT2D eigenvalue weighted by molar-refractivity contribution is 6.59. The van der Waals surface area contributed by atoms with E-state index in [0.29, 0.717) is 16.9 Å². The minimum Gasteiger partial charge on any atom is -0.423 e. The lowest BCUT2D eigenvalue weighted by Gasteiger charge is -2.31. The van der Waals surface area contributed by atoms with Crippen LogP contribution in [0.2, 0.25) is 0 Å². The van der Waals surface area contributed by atoms with Gasteiger partial charge in [0, 0.05) is 11.2 Å². The van der Waals surface area contributed by atoms with Crippen molar-refractivity contribution in [2.24, 2.45) is 0 Å². The van der Waals surface area contributed by atoms with E-state index in [0.717, 1.165) is 0 Å². The molecule has 5 N–H and O–H groups in total. The Balaban J connectivity index is 0.000000331. The Morgan fingerprint density at radius 1 is 1.00 bits per heavy atom. The van der Waals surface area contributed by atoms with Crippen molar-refractivity contribution >= 4 is 12.6 Å². The lowest BCUT2D eigenvalue weighted by Crippen LogP contribution is -2.44. The van der Waals surface area contributed by atoms with Crippen molar-refractivity contribution in [1.82, 2.24) is 10.2 Å². The maximum absolute atomic E-state index is 9.10. The van der Waals surface area contributed by atoms with E-state index in [1.807, 2.05) is 0 Å². The van der Waals surface area contributed by atoms with Gasteiger partial charge < -0.3 is 20.3 Å². The molecular formula is C11H23BN2O4. The van der Waals surface area contributed by atoms with E-state index in [-0.39, 0.29) is 0 Å². The third-order valence-corrected chi connectivity index (χ3v) is 2.94. The molecule has 0 unspecified atom stereocenters. The molecule has 0 saturated carbocycles. The van der Waals surface area contributed by atoms with Gasteiger partial charge in [-0.1, -0.05) is 0 Å². The topological polar surface area (TPSA) is 110 Å². The molecule has 18 heavy (non-hydrogen) atoms. The molecule has 1 aromatic rings. The van der Waals surface area contributed by atoms with Gasteiger partial charge in [0.25, 0.3) is 0 Å². The van der Waals surface area contributed by atoms with Crippen LogP contribution < -0.4 is 5.46 Å². The molecule has 0 aliphatic heterocycles. The summed E-state index contributed by atoms with van der Waals surface area (Å²) in [7, 11) is -1.42. The zero-order valence-electron chi connectivity index (χ0n) is 11.8. The summed E-state index contributed by atoms with van der Waals surface area (Å²) in [5, 5.41) is 42.2. The second-order valence-corrected chi connectivity index (χ2v) is 5.34. The second-order valence-electron chi connectivity index (χ2n) is 5.34. The molecule has 0 saturated heterocycles. The summed E-state index contributed by atoms with van der Waals surface area (Å²) in [5.41, 5.74) is -0.208. The van der Waals surface area contributed by atoms with Crippen LogP contribution in [0, 0.1) is 13.8 Å². The molecule has 0 amide bonds. The molecule has 1 heterocycles. The van der Waals surface area contributed by atoms with E-state index in [1.54, 1.807) is 41.5 Å². The monoisotopic (exact) mass is 258 g/mol. The molecule has 0 radical (unpaired) electrons. The van der Waals surface area contributed by atoms with Crippen molar-refractivity contribution in [1.29, 1.82) is 0 Å². The van der Waals surface area contributed by atoms with E-state index in [1.165, 1.54) is 0 Å². The quantitative estimate of drug-likeness (QED) is 0.448. The molecular weight excluding hydrogens is 235 g/mol. The molecule has 6 nitrogen and oxygen atoms in total. The number of aromatic amines is 1. The maximum Gasteiger partial charge on any atom is 0.492 e. The predicted molar refractivity (Wildman–Crippen MR) is 70.5 cm³/mol. The lowest BCUT2D eigenvalue weighted by molar-refractivity contribution is -0.107. The highest BCUT2D eigenvalue weighted by Gasteiger charge is 2.31. The van der Waals surface area contributed by atoms with Gasteiger partial charge in [0.15, 0.2) is 0 Å². The van der Waals surface area contributed by atoms with Gasteiger partial charge in [-0.05, 0) is 41.5 Å². The van der Waals surface area contributed by atoms with E-state index in [9.17, 15) is 0 Å². The van der Waals surface area contributed by atoms with Crippen LogP contribution in [0.4, 0.5) is 0 Å². The summed E-state index contributed by atoms with van der Waals surface area (Å²) >= 11 is 0. The number of aliphatic hydroxyl groups is 2. The molecule has 1 rings (SSSR count). The third-order valence-electron chi connectivity index (χ3n) is 2.94. The largest absolute Gasteiger partial charge is 0.492 e. The fourth-order valence-corrected chi connectivity index (χ4v) is 0.940. The van der Waals surface area contributed by atoms with Crippen LogP contribution in [0.3, 0.4) is 0 Å². The zero-order valence-corrected chi connectivity index (χ0v) is 11.8. The van der Waals surface area contributed by atoms with Crippen molar-refractivity contribution in [3.8, 4) is 0 Å². The highest BCUT2D eigenvalue weighted by Crippen LogP contribution is 2.19. The Hall–Kier alpha value is -0.885. The van der Waals surface area contributed by atoms with Gasteiger partial charge in [-0.3, -0.25) is 5.10 Å². The average Bonchev–Trinajstić information content (AvgIpc) is 2.43. The standard InChI is InChI=1S/C6H14O2.C5H9BN2O2/c1-5(2,7)6(3,4)8;1-3-5(6(9)10)4(2)8-7-3/h7-8H,1-4H3;9-10H,1-2H3,(H,7,8). The number of nitrogens with one attached hydrogen (secondary N) is 1. The van der Waals surface area contributed by atoms with Gasteiger partial charge in [-0.25, -0.2) is 0 Å². The first-order valence-corrected chi connectivity index (χ1v) is 5.70. The summed E-state index contributed by atoms with van der Waals surface area (Å²) in [6.07, 6.45) is 0. The van der Waals surface area contributed by atoms with Crippen LogP contribution in [0.15, 0.2) is 0 Å². The molecule has 0 aliphatic carbocycles. The van der Waals surface area contributed by atoms with Crippen molar-refractivity contribution in [3.05, 3.63) is 11.4 Å². The summed E-state index contributed by atoms with van der Waals surface area (Å²) in [4.78, 5) is 0. The van der Waals surface area contributed by atoms with Crippen LogP contribution in [0.1, 0.15) is 39.1 Å². The molecule has 0 atom stereocenters. The normalized spacial score (nSPS) is 11.9. The van der Waals surface area contributed by atoms with Crippen LogP contribution in [-0.2, 0) is 0 Å². The first-order chi connectivity index (χ1) is 7.88. The number of aryl methyl sites for hydroxylation is 2. The number of aromatic nitrogens is 2. The van der Waals surface area contributed by atoms with E-state index < -0.39 is 18.3 Å². The Bertz CT molecular complexity index is 346. The lowest BCUT2D eigenvalue weighted by atomic mass is 9.79. The average molecular weight is 258 g/mol. The number of hydrogen-bond donors (Lipinski definition) is 5. The van der Waals surface area contributed by atoms with Crippen molar-refractivity contribution in [3.63, 3.8) is 0 Å². The van der Waals surface area contributed by atoms with Crippen molar-refractivity contribution in [2.45, 2.75) is 52.7 Å². The van der Waals surface area contributed by atoms with Crippen LogP contribution in [0.5, 0.6) is 0 Å². The molecule has 104 valence electrons. The van der Waals surface area contributed by atoms with E-state index in [4.69, 9.17) is 20.3 Å². The van der Waals surface area contributed by atoms with Gasteiger partial charge in [-0.2, -0.15) is 5.10 Å². The fourth-order valence-electron chi connectivity index (χ4n) is 0.940. The SMILES string of the molecule is CC(C)(O)C(C)(C)O.Cc1n[nH]c(C)c1B(O)O. The smallest absolute Gasteiger partial charge is 0.423 e. The van der Waals surface area contributed by atoms with Crippen molar-refractivity contribution in [2.75, 3.05) is 0 Å². The molecule has 0 aromatic carbocycles. The van der Waals surface area contributed by atoms with Gasteiger partial charge >= 0.3 is 7.12 Å². The Morgan fingerprint density at radius 2 is 1.39 bits per heavy atom. The molecule has 0 aliphatic rings. The maximum atomic E-state index is 9.10. The minimum absolute atomic E-state index is 0.472. The van der Waals surface area contributed by atoms with Crippen molar-refractivity contribution < 1.29 is 20.3 Å². The Morgan fingerprint density at radius 3 is 1.50 bits per heavy atom. The number of nitrogens with zero attached hydrogens (tertiary/aromatic N) is 1. The fraction of sp³-hybridized carbons (Fsp3) is 0.727. The summed E-state index contributed by atoms with van der Waals surface area (Å²) in [5.74, 6) is 0. The van der Waals surface area contributed by atoms with Gasteiger partial charge in [0.05, 0.1) is 16.9 Å². The van der Waals surface area contributed by atoms with Crippen LogP contribution in [0.25, 0.3) is 0 Å². The first kappa shape index (κ1) is 17.1. The van der Waals surface area contributed by atoms with Crippen LogP contribution in [-0.4, -0.2) is 48.8 Å². The summed E-state index contributed by atoms with van der Waals surface area (Å²) in [6.45, 7) is 9.77. The molecule has 0 fully saturated rings. The number of H-pyrrole nitrogens is 1. The molecule has 1 aromatic heterocycles. The van der Waals surface area contributed by atoms with E-state index >= 15 is 0 Å². The summed E-state index contributed by atoms with van der Waals surface area (Å²) < 4.78 is 0. The Labute approximate surface area is 108 Å². The summed E-state index contributed by atoms with van der Waals surface area (Å²) in [6, 6.07) is 0. The first-order valence-electron chi connectivity index (χ1n) is 5.70. The second kappa shape index (κ2) is 5.84. The third kappa shape index (κ3) is 4.77. The molecule has 0 spiro atoms.